The van der Waals surface area contributed by atoms with E-state index >= 15 is 0 Å². The van der Waals surface area contributed by atoms with Gasteiger partial charge in [0.05, 0.1) is 18.9 Å². The lowest BCUT2D eigenvalue weighted by Crippen LogP contribution is -2.45. The third-order valence-corrected chi connectivity index (χ3v) is 6.38. The highest BCUT2D eigenvalue weighted by Crippen LogP contribution is 2.21. The molecule has 1 fully saturated rings. The maximum Gasteiger partial charge on any atom is 0.332 e. The van der Waals surface area contributed by atoms with Crippen LogP contribution >= 0.6 is 0 Å². The van der Waals surface area contributed by atoms with Gasteiger partial charge in [0.2, 0.25) is 0 Å². The van der Waals surface area contributed by atoms with Crippen LogP contribution in [-0.4, -0.2) is 58.9 Å². The predicted octanol–water partition coefficient (Wildman–Crippen LogP) is 2.10. The van der Waals surface area contributed by atoms with Gasteiger partial charge in [0.15, 0.2) is 0 Å². The number of pyridine rings is 1. The standard InChI is InChI=1S/C24H29N5O2/c1-26-10-12-27(13-11-26)23-19(3-2-8-25-23)6-9-28-14-15-29(24(28)30)22-5-4-21-18-31-16-7-20(21)17-22/h2-5,8,14-15,17H,6-7,9-13,16,18H2,1H3. The average molecular weight is 420 g/mol. The van der Waals surface area contributed by atoms with E-state index in [9.17, 15) is 4.79 Å². The number of anilines is 1. The molecule has 0 unspecified atom stereocenters. The van der Waals surface area contributed by atoms with Crippen LogP contribution in [0.5, 0.6) is 0 Å². The van der Waals surface area contributed by atoms with Gasteiger partial charge in [-0.2, -0.15) is 0 Å². The average Bonchev–Trinajstić information content (AvgIpc) is 3.18. The van der Waals surface area contributed by atoms with Crippen LogP contribution in [0.1, 0.15) is 16.7 Å². The van der Waals surface area contributed by atoms with E-state index in [4.69, 9.17) is 4.74 Å². The Hall–Kier alpha value is -2.90. The summed E-state index contributed by atoms with van der Waals surface area (Å²) in [5.74, 6) is 1.06. The van der Waals surface area contributed by atoms with E-state index in [0.29, 0.717) is 13.2 Å². The molecule has 162 valence electrons. The van der Waals surface area contributed by atoms with Gasteiger partial charge in [-0.1, -0.05) is 12.1 Å². The van der Waals surface area contributed by atoms with E-state index in [1.54, 1.807) is 9.13 Å². The van der Waals surface area contributed by atoms with Crippen LogP contribution in [0.2, 0.25) is 0 Å². The highest BCUT2D eigenvalue weighted by atomic mass is 16.5. The zero-order chi connectivity index (χ0) is 21.2. The second-order valence-corrected chi connectivity index (χ2v) is 8.43. The molecular formula is C24H29N5O2. The zero-order valence-corrected chi connectivity index (χ0v) is 18.0. The molecular weight excluding hydrogens is 390 g/mol. The van der Waals surface area contributed by atoms with E-state index in [1.165, 1.54) is 16.7 Å². The first-order chi connectivity index (χ1) is 15.2. The summed E-state index contributed by atoms with van der Waals surface area (Å²) in [4.78, 5) is 22.4. The van der Waals surface area contributed by atoms with Gasteiger partial charge in [-0.05, 0) is 54.8 Å². The topological polar surface area (TPSA) is 55.5 Å². The Bertz CT molecular complexity index is 1110. The Morgan fingerprint density at radius 2 is 1.94 bits per heavy atom. The van der Waals surface area contributed by atoms with Crippen LogP contribution in [0.25, 0.3) is 5.69 Å². The minimum absolute atomic E-state index is 0.00273. The van der Waals surface area contributed by atoms with Crippen LogP contribution in [0.15, 0.2) is 53.7 Å². The minimum atomic E-state index is -0.00273. The highest BCUT2D eigenvalue weighted by molar-refractivity contribution is 5.47. The number of likely N-dealkylation sites (N-methyl/N-ethyl adjacent to an activating group) is 1. The quantitative estimate of drug-likeness (QED) is 0.634. The molecule has 0 aliphatic carbocycles. The van der Waals surface area contributed by atoms with E-state index in [1.807, 2.05) is 30.7 Å². The molecule has 1 saturated heterocycles. The first-order valence-corrected chi connectivity index (χ1v) is 11.0. The Labute approximate surface area is 182 Å². The van der Waals surface area contributed by atoms with Crippen molar-refractivity contribution in [3.63, 3.8) is 0 Å². The summed E-state index contributed by atoms with van der Waals surface area (Å²) < 4.78 is 9.05. The van der Waals surface area contributed by atoms with Gasteiger partial charge in [0.25, 0.3) is 0 Å². The third kappa shape index (κ3) is 4.16. The molecule has 2 aromatic heterocycles. The van der Waals surface area contributed by atoms with Gasteiger partial charge in [-0.25, -0.2) is 9.78 Å². The van der Waals surface area contributed by atoms with Gasteiger partial charge < -0.3 is 14.5 Å². The molecule has 0 radical (unpaired) electrons. The molecule has 0 saturated carbocycles. The molecule has 2 aliphatic heterocycles. The second-order valence-electron chi connectivity index (χ2n) is 8.43. The third-order valence-electron chi connectivity index (χ3n) is 6.38. The van der Waals surface area contributed by atoms with E-state index in [0.717, 1.165) is 57.1 Å². The Kier molecular flexibility index (Phi) is 5.61. The molecule has 0 amide bonds. The molecule has 3 aromatic rings. The number of rotatable bonds is 5. The maximum atomic E-state index is 13.1. The number of hydrogen-bond acceptors (Lipinski definition) is 5. The summed E-state index contributed by atoms with van der Waals surface area (Å²) >= 11 is 0. The second kappa shape index (κ2) is 8.69. The number of hydrogen-bond donors (Lipinski definition) is 0. The fraction of sp³-hybridized carbons (Fsp3) is 0.417. The number of benzene rings is 1. The van der Waals surface area contributed by atoms with Gasteiger partial charge in [-0.3, -0.25) is 9.13 Å². The van der Waals surface area contributed by atoms with E-state index < -0.39 is 0 Å². The van der Waals surface area contributed by atoms with E-state index in [2.05, 4.69) is 40.0 Å². The molecule has 0 N–H and O–H groups in total. The smallest absolute Gasteiger partial charge is 0.332 e. The number of aryl methyl sites for hydroxylation is 2. The lowest BCUT2D eigenvalue weighted by molar-refractivity contribution is 0.111. The largest absolute Gasteiger partial charge is 0.376 e. The fourth-order valence-corrected chi connectivity index (χ4v) is 4.45. The normalized spacial score (nSPS) is 17.0. The number of nitrogens with zero attached hydrogens (tertiary/aromatic N) is 5. The highest BCUT2D eigenvalue weighted by Gasteiger charge is 2.18. The monoisotopic (exact) mass is 419 g/mol. The number of fused-ring (bicyclic) bond motifs is 1. The van der Waals surface area contributed by atoms with Gasteiger partial charge in [0.1, 0.15) is 5.82 Å². The fourth-order valence-electron chi connectivity index (χ4n) is 4.45. The summed E-state index contributed by atoms with van der Waals surface area (Å²) in [5, 5.41) is 0. The molecule has 0 bridgehead atoms. The first kappa shape index (κ1) is 20.0. The summed E-state index contributed by atoms with van der Waals surface area (Å²) in [7, 11) is 2.16. The molecule has 0 atom stereocenters. The molecule has 1 aromatic carbocycles. The number of aromatic nitrogens is 3. The van der Waals surface area contributed by atoms with Crippen molar-refractivity contribution in [3.05, 3.63) is 76.1 Å². The van der Waals surface area contributed by atoms with Crippen molar-refractivity contribution in [2.45, 2.75) is 26.0 Å². The lowest BCUT2D eigenvalue weighted by atomic mass is 10.0. The lowest BCUT2D eigenvalue weighted by Gasteiger charge is -2.34. The minimum Gasteiger partial charge on any atom is -0.376 e. The van der Waals surface area contributed by atoms with Gasteiger partial charge in [-0.15, -0.1) is 0 Å². The van der Waals surface area contributed by atoms with Crippen molar-refractivity contribution in [2.24, 2.45) is 0 Å². The molecule has 7 nitrogen and oxygen atoms in total. The van der Waals surface area contributed by atoms with Crippen molar-refractivity contribution >= 4 is 5.82 Å². The summed E-state index contributed by atoms with van der Waals surface area (Å²) in [6, 6.07) is 10.3. The van der Waals surface area contributed by atoms with Crippen LogP contribution in [0.4, 0.5) is 5.82 Å². The van der Waals surface area contributed by atoms with Crippen molar-refractivity contribution in [3.8, 4) is 5.69 Å². The predicted molar refractivity (Wildman–Crippen MR) is 121 cm³/mol. The van der Waals surface area contributed by atoms with Gasteiger partial charge >= 0.3 is 5.69 Å². The van der Waals surface area contributed by atoms with Crippen LogP contribution in [-0.2, 0) is 30.7 Å². The van der Waals surface area contributed by atoms with Crippen molar-refractivity contribution < 1.29 is 4.74 Å². The maximum absolute atomic E-state index is 13.1. The van der Waals surface area contributed by atoms with Crippen LogP contribution in [0.3, 0.4) is 0 Å². The number of ether oxygens (including phenoxy) is 1. The molecule has 31 heavy (non-hydrogen) atoms. The molecule has 4 heterocycles. The molecule has 5 rings (SSSR count). The zero-order valence-electron chi connectivity index (χ0n) is 18.0. The number of piperazine rings is 1. The Balaban J connectivity index is 1.33. The van der Waals surface area contributed by atoms with Crippen molar-refractivity contribution in [1.29, 1.82) is 0 Å². The van der Waals surface area contributed by atoms with Gasteiger partial charge in [0, 0.05) is 51.3 Å². The van der Waals surface area contributed by atoms with Crippen molar-refractivity contribution in [2.75, 3.05) is 44.7 Å². The van der Waals surface area contributed by atoms with E-state index in [-0.39, 0.29) is 5.69 Å². The molecule has 0 spiro atoms. The molecule has 7 heteroatoms. The summed E-state index contributed by atoms with van der Waals surface area (Å²) in [6.45, 7) is 6.10. The van der Waals surface area contributed by atoms with Crippen LogP contribution in [0, 0.1) is 0 Å². The Morgan fingerprint density at radius 3 is 2.81 bits per heavy atom. The molecule has 2 aliphatic rings. The summed E-state index contributed by atoms with van der Waals surface area (Å²) in [5.41, 5.74) is 4.60. The first-order valence-electron chi connectivity index (χ1n) is 11.0. The summed E-state index contributed by atoms with van der Waals surface area (Å²) in [6.07, 6.45) is 7.29. The van der Waals surface area contributed by atoms with Crippen molar-refractivity contribution in [1.82, 2.24) is 19.0 Å². The number of imidazole rings is 1. The van der Waals surface area contributed by atoms with Crippen LogP contribution < -0.4 is 10.6 Å². The Morgan fingerprint density at radius 1 is 1.06 bits per heavy atom. The SMILES string of the molecule is CN1CCN(c2ncccc2CCn2ccn(-c3ccc4c(c3)CCOC4)c2=O)CC1.